The van der Waals surface area contributed by atoms with E-state index in [-0.39, 0.29) is 0 Å². The number of alkyl halides is 17. The van der Waals surface area contributed by atoms with Crippen molar-refractivity contribution in [1.82, 2.24) is 0 Å². The molecule has 0 atom stereocenters. The van der Waals surface area contributed by atoms with Gasteiger partial charge in [0.1, 0.15) is 10.2 Å². The third kappa shape index (κ3) is 2.90. The second kappa shape index (κ2) is 5.76. The molecule has 0 N–H and O–H groups in total. The van der Waals surface area contributed by atoms with Crippen molar-refractivity contribution in [2.45, 2.75) is 47.3 Å². The van der Waals surface area contributed by atoms with Crippen molar-refractivity contribution in [3.8, 4) is 0 Å². The molecule has 0 saturated carbocycles. The van der Waals surface area contributed by atoms with Crippen molar-refractivity contribution in [3.05, 3.63) is 0 Å². The molecule has 0 fully saturated rings. The fourth-order valence-electron chi connectivity index (χ4n) is 1.20. The quantitative estimate of drug-likeness (QED) is 0.412. The molecule has 26 heavy (non-hydrogen) atoms. The Labute approximate surface area is 133 Å². The van der Waals surface area contributed by atoms with Crippen molar-refractivity contribution in [2.75, 3.05) is 0 Å². The van der Waals surface area contributed by atoms with Crippen molar-refractivity contribution in [1.29, 1.82) is 0 Å². The van der Waals surface area contributed by atoms with Crippen LogP contribution in [0.1, 0.15) is 0 Å². The highest BCUT2D eigenvalue weighted by Gasteiger charge is 2.94. The summed E-state index contributed by atoms with van der Waals surface area (Å²) in [6.45, 7) is 0. The Morgan fingerprint density at radius 3 is 0.692 bits per heavy atom. The zero-order valence-corrected chi connectivity index (χ0v) is 12.5. The second-order valence-corrected chi connectivity index (χ2v) is 5.54. The van der Waals surface area contributed by atoms with Gasteiger partial charge in [-0.2, -0.15) is 65.9 Å². The molecule has 0 aromatic heterocycles. The summed E-state index contributed by atoms with van der Waals surface area (Å²) in [5, 5.41) is 0. The maximum atomic E-state index is 12.9. The first-order chi connectivity index (χ1) is 10.8. The summed E-state index contributed by atoms with van der Waals surface area (Å²) in [7, 11) is -1.49. The first kappa shape index (κ1) is 25.0. The summed E-state index contributed by atoms with van der Waals surface area (Å²) in [5.74, 6) is -49.3. The van der Waals surface area contributed by atoms with Gasteiger partial charge >= 0.3 is 41.7 Å². The predicted octanol–water partition coefficient (Wildman–Crippen LogP) is 4.59. The molecule has 0 heterocycles. The fraction of sp³-hybridized carbons (Fsp3) is 1.00. The van der Waals surface area contributed by atoms with Gasteiger partial charge in [0.05, 0.1) is 0 Å². The average molecular weight is 449 g/mol. The summed E-state index contributed by atoms with van der Waals surface area (Å²) < 4.78 is 213. The predicted molar refractivity (Wildman–Crippen MR) is 49.2 cm³/mol. The topological polar surface area (TPSA) is 0 Å². The Hall–Kier alpha value is -0.973. The maximum absolute atomic E-state index is 12.9. The van der Waals surface area contributed by atoms with E-state index in [1.807, 2.05) is 0 Å². The lowest BCUT2D eigenvalue weighted by atomic mass is 9.91. The van der Waals surface area contributed by atoms with Crippen LogP contribution in [0.4, 0.5) is 74.6 Å². The van der Waals surface area contributed by atoms with Gasteiger partial charge < -0.3 is 0 Å². The van der Waals surface area contributed by atoms with Gasteiger partial charge in [-0.1, -0.05) is 0 Å². The summed E-state index contributed by atoms with van der Waals surface area (Å²) in [6, 6.07) is 0. The number of hydrogen-bond donors (Lipinski definition) is 0. The minimum absolute atomic E-state index is 1.49. The monoisotopic (exact) mass is 449 g/mol. The van der Waals surface area contributed by atoms with Gasteiger partial charge in [0, 0.05) is 0 Å². The molecular formula is C8H2F17Si. The molecule has 18 heteroatoms. The fourth-order valence-corrected chi connectivity index (χ4v) is 1.42. The van der Waals surface area contributed by atoms with E-state index in [0.717, 1.165) is 0 Å². The molecule has 0 aliphatic rings. The van der Waals surface area contributed by atoms with E-state index in [2.05, 4.69) is 0 Å². The van der Waals surface area contributed by atoms with E-state index < -0.39 is 57.5 Å². The lowest BCUT2D eigenvalue weighted by Gasteiger charge is -2.42. The molecule has 0 saturated heterocycles. The van der Waals surface area contributed by atoms with E-state index in [0.29, 0.717) is 0 Å². The van der Waals surface area contributed by atoms with Crippen LogP contribution in [-0.4, -0.2) is 57.5 Å². The first-order valence-corrected chi connectivity index (χ1v) is 6.02. The van der Waals surface area contributed by atoms with Gasteiger partial charge in [-0.3, -0.25) is 0 Å². The van der Waals surface area contributed by atoms with E-state index in [9.17, 15) is 74.6 Å². The summed E-state index contributed by atoms with van der Waals surface area (Å²) in [4.78, 5) is 0. The molecule has 0 rings (SSSR count). The van der Waals surface area contributed by atoms with Crippen LogP contribution in [0.5, 0.6) is 0 Å². The molecule has 1 radical (unpaired) electrons. The van der Waals surface area contributed by atoms with Crippen molar-refractivity contribution in [3.63, 3.8) is 0 Å². The number of hydrogen-bond acceptors (Lipinski definition) is 0. The van der Waals surface area contributed by atoms with E-state index >= 15 is 0 Å². The first-order valence-electron chi connectivity index (χ1n) is 5.32. The molecule has 0 aliphatic carbocycles. The summed E-state index contributed by atoms with van der Waals surface area (Å²) in [6.07, 6.45) is -7.73. The third-order valence-electron chi connectivity index (χ3n) is 2.79. The molecule has 0 nitrogen and oxygen atoms in total. The molecule has 0 aromatic rings. The van der Waals surface area contributed by atoms with Gasteiger partial charge in [-0.15, -0.1) is 0 Å². The van der Waals surface area contributed by atoms with E-state index in [1.54, 1.807) is 0 Å². The van der Waals surface area contributed by atoms with Gasteiger partial charge in [0.2, 0.25) is 0 Å². The van der Waals surface area contributed by atoms with Crippen molar-refractivity contribution >= 4 is 10.2 Å². The van der Waals surface area contributed by atoms with Gasteiger partial charge in [-0.05, 0) is 0 Å². The molecular weight excluding hydrogens is 447 g/mol. The van der Waals surface area contributed by atoms with Crippen LogP contribution in [0, 0.1) is 0 Å². The minimum Gasteiger partial charge on any atom is -0.206 e. The van der Waals surface area contributed by atoms with Crippen LogP contribution in [-0.2, 0) is 0 Å². The lowest BCUT2D eigenvalue weighted by Crippen LogP contribution is -2.74. The van der Waals surface area contributed by atoms with Gasteiger partial charge in [0.15, 0.2) is 0 Å². The van der Waals surface area contributed by atoms with Crippen molar-refractivity contribution < 1.29 is 74.6 Å². The van der Waals surface area contributed by atoms with Crippen LogP contribution >= 0.6 is 0 Å². The van der Waals surface area contributed by atoms with E-state index in [4.69, 9.17) is 0 Å². The number of halogens is 17. The molecule has 0 bridgehead atoms. The van der Waals surface area contributed by atoms with E-state index in [1.165, 1.54) is 0 Å². The normalized spacial score (nSPS) is 16.8. The zero-order chi connectivity index (χ0) is 22.0. The second-order valence-electron chi connectivity index (χ2n) is 4.65. The molecule has 0 aliphatic heterocycles. The Bertz CT molecular complexity index is 474. The molecule has 0 aromatic carbocycles. The smallest absolute Gasteiger partial charge is 0.206 e. The highest BCUT2D eigenvalue weighted by molar-refractivity contribution is 6.14. The zero-order valence-electron chi connectivity index (χ0n) is 11.1. The summed E-state index contributed by atoms with van der Waals surface area (Å²) in [5.41, 5.74) is -6.28. The minimum atomic E-state index is -8.56. The largest absolute Gasteiger partial charge is 0.460 e. The molecule has 0 amide bonds. The van der Waals surface area contributed by atoms with Gasteiger partial charge in [0.25, 0.3) is 5.55 Å². The van der Waals surface area contributed by atoms with Crippen LogP contribution in [0.2, 0.25) is 0 Å². The maximum Gasteiger partial charge on any atom is 0.460 e. The van der Waals surface area contributed by atoms with Crippen LogP contribution < -0.4 is 0 Å². The van der Waals surface area contributed by atoms with Crippen LogP contribution in [0.15, 0.2) is 0 Å². The SMILES string of the molecule is FC(F)(F)C(F)(F)C(F)(F)C(F)(F)C(F)(F)C(F)(F)C(F)(F)C(F)(F)[SiH2]. The highest BCUT2D eigenvalue weighted by Crippen LogP contribution is 2.63. The number of rotatable bonds is 6. The Kier molecular flexibility index (Phi) is 5.55. The standard InChI is InChI=1S/C8H2F17Si/c9-1(10,3(13,14)5(17,18)7(21,22)23)2(11,12)4(15,16)6(19,20)8(24,25)26/h26H2. The molecule has 157 valence electrons. The van der Waals surface area contributed by atoms with Gasteiger partial charge in [-0.25, -0.2) is 8.78 Å². The molecule has 0 unspecified atom stereocenters. The van der Waals surface area contributed by atoms with Crippen LogP contribution in [0.3, 0.4) is 0 Å². The Morgan fingerprint density at radius 2 is 0.500 bits per heavy atom. The van der Waals surface area contributed by atoms with Crippen molar-refractivity contribution in [2.24, 2.45) is 0 Å². The summed E-state index contributed by atoms with van der Waals surface area (Å²) >= 11 is 0. The lowest BCUT2D eigenvalue weighted by molar-refractivity contribution is -0.458. The molecule has 0 spiro atoms. The Balaban J connectivity index is 6.61. The Morgan fingerprint density at radius 1 is 0.308 bits per heavy atom. The average Bonchev–Trinajstić information content (AvgIpc) is 2.34. The third-order valence-corrected chi connectivity index (χ3v) is 3.23. The van der Waals surface area contributed by atoms with Crippen LogP contribution in [0.25, 0.3) is 0 Å². The highest BCUT2D eigenvalue weighted by atomic mass is 28.1.